The number of rotatable bonds is 10. The van der Waals surface area contributed by atoms with Crippen LogP contribution in [0.3, 0.4) is 0 Å². The van der Waals surface area contributed by atoms with Gasteiger partial charge in [-0.05, 0) is 68.6 Å². The van der Waals surface area contributed by atoms with Gasteiger partial charge in [0.15, 0.2) is 6.10 Å². The second-order valence-corrected chi connectivity index (χ2v) is 13.0. The topological polar surface area (TPSA) is 160 Å². The highest BCUT2D eigenvalue weighted by atomic mass is 32.2. The van der Waals surface area contributed by atoms with E-state index in [2.05, 4.69) is 4.74 Å². The molecule has 0 radical (unpaired) electrons. The Morgan fingerprint density at radius 2 is 1.54 bits per heavy atom. The lowest BCUT2D eigenvalue weighted by Crippen LogP contribution is -2.62. The molecule has 0 aromatic rings. The fourth-order valence-electron chi connectivity index (χ4n) is 7.14. The Hall–Kier alpha value is -2.35. The number of halogens is 2. The van der Waals surface area contributed by atoms with Crippen LogP contribution in [0.25, 0.3) is 0 Å². The molecule has 0 aromatic carbocycles. The van der Waals surface area contributed by atoms with E-state index in [1.165, 1.54) is 6.42 Å². The summed E-state index contributed by atoms with van der Waals surface area (Å²) in [5, 5.41) is -4.74. The zero-order valence-corrected chi connectivity index (χ0v) is 22.8. The number of carbonyl (C=O) groups excluding carboxylic acids is 4. The maximum atomic E-state index is 13.5. The Morgan fingerprint density at radius 3 is 2.05 bits per heavy atom. The summed E-state index contributed by atoms with van der Waals surface area (Å²) in [5.41, 5.74) is -0.630. The van der Waals surface area contributed by atoms with Gasteiger partial charge in [-0.1, -0.05) is 13.8 Å². The Labute approximate surface area is 225 Å². The van der Waals surface area contributed by atoms with Crippen LogP contribution in [0.1, 0.15) is 72.1 Å². The minimum absolute atomic E-state index is 0.0714. The van der Waals surface area contributed by atoms with Gasteiger partial charge in [0, 0.05) is 6.42 Å². The van der Waals surface area contributed by atoms with Gasteiger partial charge in [0.2, 0.25) is 12.2 Å². The lowest BCUT2D eigenvalue weighted by atomic mass is 9.47. The third-order valence-electron chi connectivity index (χ3n) is 8.74. The first-order chi connectivity index (χ1) is 18.0. The van der Waals surface area contributed by atoms with Crippen molar-refractivity contribution in [1.82, 2.24) is 0 Å². The van der Waals surface area contributed by atoms with Crippen LogP contribution < -0.4 is 0 Å². The fraction of sp³-hybridized carbons (Fsp3) is 0.840. The SMILES string of the molecule is CC(C)C1(OC(=O)C2CC(OC(=O)CCC(=O)OC(C)C(F)(F)S(=O)(=O)O)C(=O)O2)C2CC3CC(C2)CC1C3. The Kier molecular flexibility index (Phi) is 8.03. The Balaban J connectivity index is 1.28. The molecule has 4 saturated carbocycles. The first kappa shape index (κ1) is 29.6. The van der Waals surface area contributed by atoms with Crippen molar-refractivity contribution in [2.24, 2.45) is 29.6 Å². The van der Waals surface area contributed by atoms with Gasteiger partial charge in [0.05, 0.1) is 12.8 Å². The highest BCUT2D eigenvalue weighted by Crippen LogP contribution is 2.61. The molecule has 4 aliphatic carbocycles. The molecule has 3 unspecified atom stereocenters. The van der Waals surface area contributed by atoms with E-state index in [0.29, 0.717) is 18.8 Å². The zero-order chi connectivity index (χ0) is 28.9. The fourth-order valence-corrected chi connectivity index (χ4v) is 7.61. The number of hydrogen-bond donors (Lipinski definition) is 1. The summed E-state index contributed by atoms with van der Waals surface area (Å²) in [5.74, 6) is -2.14. The molecule has 5 aliphatic rings. The van der Waals surface area contributed by atoms with Crippen molar-refractivity contribution in [3.63, 3.8) is 0 Å². The zero-order valence-electron chi connectivity index (χ0n) is 22.0. The van der Waals surface area contributed by atoms with Gasteiger partial charge < -0.3 is 18.9 Å². The average Bonchev–Trinajstić information content (AvgIpc) is 3.18. The maximum absolute atomic E-state index is 13.5. The molecule has 11 nitrogen and oxygen atoms in total. The van der Waals surface area contributed by atoms with Gasteiger partial charge in [-0.2, -0.15) is 17.2 Å². The van der Waals surface area contributed by atoms with E-state index >= 15 is 0 Å². The van der Waals surface area contributed by atoms with Crippen LogP contribution in [0.5, 0.6) is 0 Å². The molecule has 0 aromatic heterocycles. The van der Waals surface area contributed by atoms with Crippen LogP contribution in [-0.2, 0) is 48.2 Å². The van der Waals surface area contributed by atoms with Crippen LogP contribution in [0, 0.1) is 29.6 Å². The number of hydrogen-bond acceptors (Lipinski definition) is 10. The number of cyclic esters (lactones) is 1. The van der Waals surface area contributed by atoms with E-state index in [1.54, 1.807) is 0 Å². The highest BCUT2D eigenvalue weighted by Gasteiger charge is 2.61. The number of esters is 4. The summed E-state index contributed by atoms with van der Waals surface area (Å²) in [6.07, 6.45) is -1.61. The van der Waals surface area contributed by atoms with Crippen molar-refractivity contribution >= 4 is 34.0 Å². The van der Waals surface area contributed by atoms with E-state index in [9.17, 15) is 36.4 Å². The third kappa shape index (κ3) is 5.63. The molecule has 1 heterocycles. The van der Waals surface area contributed by atoms with E-state index in [0.717, 1.165) is 25.7 Å². The van der Waals surface area contributed by atoms with Crippen molar-refractivity contribution in [2.45, 2.75) is 101 Å². The van der Waals surface area contributed by atoms with Gasteiger partial charge >= 0.3 is 39.2 Å². The summed E-state index contributed by atoms with van der Waals surface area (Å²) < 4.78 is 77.7. The second-order valence-electron chi connectivity index (χ2n) is 11.5. The van der Waals surface area contributed by atoms with Crippen LogP contribution >= 0.6 is 0 Å². The van der Waals surface area contributed by atoms with Gasteiger partial charge in [-0.15, -0.1) is 0 Å². The van der Waals surface area contributed by atoms with Gasteiger partial charge in [-0.25, -0.2) is 9.59 Å². The smallest absolute Gasteiger partial charge is 0.405 e. The predicted molar refractivity (Wildman–Crippen MR) is 126 cm³/mol. The molecule has 0 amide bonds. The predicted octanol–water partition coefficient (Wildman–Crippen LogP) is 2.80. The van der Waals surface area contributed by atoms with Crippen molar-refractivity contribution < 1.29 is 59.9 Å². The Morgan fingerprint density at radius 1 is 1.00 bits per heavy atom. The maximum Gasteiger partial charge on any atom is 0.405 e. The molecule has 5 fully saturated rings. The van der Waals surface area contributed by atoms with E-state index in [4.69, 9.17) is 18.8 Å². The molecule has 4 bridgehead atoms. The van der Waals surface area contributed by atoms with Crippen LogP contribution in [0.2, 0.25) is 0 Å². The van der Waals surface area contributed by atoms with Crippen LogP contribution in [0.4, 0.5) is 8.78 Å². The first-order valence-electron chi connectivity index (χ1n) is 13.2. The average molecular weight is 581 g/mol. The molecule has 3 atom stereocenters. The molecule has 0 spiro atoms. The van der Waals surface area contributed by atoms with Gasteiger partial charge in [-0.3, -0.25) is 14.1 Å². The highest BCUT2D eigenvalue weighted by molar-refractivity contribution is 7.86. The lowest BCUT2D eigenvalue weighted by molar-refractivity contribution is -0.230. The van der Waals surface area contributed by atoms with Gasteiger partial charge in [0.25, 0.3) is 0 Å². The monoisotopic (exact) mass is 580 g/mol. The lowest BCUT2D eigenvalue weighted by Gasteiger charge is -2.61. The normalized spacial score (nSPS) is 34.5. The van der Waals surface area contributed by atoms with E-state index in [-0.39, 0.29) is 24.2 Å². The van der Waals surface area contributed by atoms with Crippen molar-refractivity contribution in [1.29, 1.82) is 0 Å². The molecule has 14 heteroatoms. The largest absolute Gasteiger partial charge is 0.455 e. The number of carbonyl (C=O) groups is 4. The molecule has 1 N–H and O–H groups in total. The van der Waals surface area contributed by atoms with Crippen LogP contribution in [-0.4, -0.2) is 66.0 Å². The van der Waals surface area contributed by atoms with E-state index in [1.807, 2.05) is 13.8 Å². The quantitative estimate of drug-likeness (QED) is 0.230. The van der Waals surface area contributed by atoms with Crippen molar-refractivity contribution in [2.75, 3.05) is 0 Å². The number of ether oxygens (including phenoxy) is 4. The van der Waals surface area contributed by atoms with Crippen LogP contribution in [0.15, 0.2) is 0 Å². The molecule has 220 valence electrons. The first-order valence-corrected chi connectivity index (χ1v) is 14.7. The van der Waals surface area contributed by atoms with Crippen molar-refractivity contribution in [3.05, 3.63) is 0 Å². The molecule has 1 aliphatic heterocycles. The van der Waals surface area contributed by atoms with Crippen molar-refractivity contribution in [3.8, 4) is 0 Å². The summed E-state index contributed by atoms with van der Waals surface area (Å²) >= 11 is 0. The molecular formula is C25H34F2O11S. The summed E-state index contributed by atoms with van der Waals surface area (Å²) in [6, 6.07) is 0. The summed E-state index contributed by atoms with van der Waals surface area (Å²) in [4.78, 5) is 49.4. The summed E-state index contributed by atoms with van der Waals surface area (Å²) in [6.45, 7) is 4.64. The minimum atomic E-state index is -5.83. The number of alkyl halides is 2. The molecule has 39 heavy (non-hydrogen) atoms. The third-order valence-corrected chi connectivity index (χ3v) is 9.76. The summed E-state index contributed by atoms with van der Waals surface area (Å²) in [7, 11) is -5.83. The second kappa shape index (κ2) is 10.6. The van der Waals surface area contributed by atoms with Gasteiger partial charge in [0.1, 0.15) is 5.60 Å². The molecule has 1 saturated heterocycles. The molecule has 5 rings (SSSR count). The Bertz CT molecular complexity index is 1090. The molecular weight excluding hydrogens is 546 g/mol. The minimum Gasteiger partial charge on any atom is -0.455 e. The van der Waals surface area contributed by atoms with E-state index < -0.39 is 76.0 Å². The standard InChI is InChI=1S/C25H34F2O11S/c1-12(2)24(16-7-14-6-15(9-16)10-17(24)8-14)38-23(31)19-11-18(22(30)37-19)36-21(29)5-4-20(28)35-13(3)25(26,27)39(32,33)34/h12-19H,4-11H2,1-3H3,(H,32,33,34).